The Labute approximate surface area is 228 Å². The number of carbonyl (C=O) groups excluding carboxylic acids is 2. The zero-order valence-corrected chi connectivity index (χ0v) is 22.5. The van der Waals surface area contributed by atoms with Crippen LogP contribution in [-0.2, 0) is 0 Å². The second-order valence-electron chi connectivity index (χ2n) is 10.6. The van der Waals surface area contributed by atoms with Crippen LogP contribution in [0.1, 0.15) is 49.9 Å². The molecule has 2 fully saturated rings. The number of nitrogens with one attached hydrogen (secondary N) is 1. The zero-order chi connectivity index (χ0) is 26.8. The van der Waals surface area contributed by atoms with Crippen LogP contribution in [0.4, 0.5) is 4.39 Å². The summed E-state index contributed by atoms with van der Waals surface area (Å²) >= 11 is 6.13. The van der Waals surface area contributed by atoms with Gasteiger partial charge in [-0.25, -0.2) is 4.39 Å². The lowest BCUT2D eigenvalue weighted by atomic mass is 10.00. The number of fused-ring (bicyclic) bond motifs is 1. The van der Waals surface area contributed by atoms with Crippen LogP contribution in [0.2, 0.25) is 5.02 Å². The minimum Gasteiger partial charge on any atom is -0.345 e. The van der Waals surface area contributed by atoms with E-state index in [0.717, 1.165) is 42.7 Å². The number of amides is 2. The van der Waals surface area contributed by atoms with Gasteiger partial charge in [0.2, 0.25) is 0 Å². The van der Waals surface area contributed by atoms with E-state index in [2.05, 4.69) is 22.3 Å². The van der Waals surface area contributed by atoms with Crippen LogP contribution < -0.4 is 5.32 Å². The van der Waals surface area contributed by atoms with Crippen LogP contribution in [-0.4, -0.2) is 54.3 Å². The number of rotatable bonds is 7. The topological polar surface area (TPSA) is 52.7 Å². The van der Waals surface area contributed by atoms with Gasteiger partial charge in [-0.3, -0.25) is 9.59 Å². The van der Waals surface area contributed by atoms with Crippen molar-refractivity contribution in [2.45, 2.75) is 26.3 Å². The number of aryl methyl sites for hydroxylation is 1. The van der Waals surface area contributed by atoms with Gasteiger partial charge in [0, 0.05) is 38.3 Å². The molecule has 3 aromatic carbocycles. The normalized spacial score (nSPS) is 19.8. The van der Waals surface area contributed by atoms with E-state index in [-0.39, 0.29) is 28.4 Å². The molecule has 2 saturated heterocycles. The summed E-state index contributed by atoms with van der Waals surface area (Å²) < 4.78 is 14.3. The summed E-state index contributed by atoms with van der Waals surface area (Å²) in [7, 11) is 0. The smallest absolute Gasteiger partial charge is 0.258 e. The lowest BCUT2D eigenvalue weighted by molar-refractivity contribution is 0.0769. The van der Waals surface area contributed by atoms with Crippen molar-refractivity contribution in [1.29, 1.82) is 0 Å². The summed E-state index contributed by atoms with van der Waals surface area (Å²) in [5, 5.41) is 3.43. The van der Waals surface area contributed by atoms with Crippen molar-refractivity contribution in [2.75, 3.05) is 32.7 Å². The van der Waals surface area contributed by atoms with Gasteiger partial charge < -0.3 is 15.1 Å². The van der Waals surface area contributed by atoms with Crippen molar-refractivity contribution in [2.24, 2.45) is 11.8 Å². The van der Waals surface area contributed by atoms with Crippen LogP contribution in [0.25, 0.3) is 0 Å². The minimum absolute atomic E-state index is 0.0312. The minimum atomic E-state index is -0.573. The van der Waals surface area contributed by atoms with Gasteiger partial charge in [-0.2, -0.15) is 0 Å². The molecule has 2 heterocycles. The van der Waals surface area contributed by atoms with Crippen molar-refractivity contribution in [3.05, 3.63) is 105 Å². The highest BCUT2D eigenvalue weighted by atomic mass is 35.5. The molecule has 3 unspecified atom stereocenters. The number of benzene rings is 3. The maximum atomic E-state index is 14.3. The van der Waals surface area contributed by atoms with Gasteiger partial charge in [-0.15, -0.1) is 0 Å². The average Bonchev–Trinajstić information content (AvgIpc) is 3.47. The first-order valence-corrected chi connectivity index (χ1v) is 13.6. The van der Waals surface area contributed by atoms with Crippen molar-refractivity contribution < 1.29 is 14.0 Å². The molecule has 0 bridgehead atoms. The van der Waals surface area contributed by atoms with E-state index in [0.29, 0.717) is 30.5 Å². The molecule has 38 heavy (non-hydrogen) atoms. The average molecular weight is 534 g/mol. The summed E-state index contributed by atoms with van der Waals surface area (Å²) in [5.41, 5.74) is 3.86. The van der Waals surface area contributed by atoms with E-state index in [4.69, 9.17) is 11.6 Å². The van der Waals surface area contributed by atoms with Crippen molar-refractivity contribution in [1.82, 2.24) is 15.1 Å². The molecule has 0 saturated carbocycles. The molecule has 2 amide bonds. The van der Waals surface area contributed by atoms with E-state index < -0.39 is 5.82 Å². The fourth-order valence-corrected chi connectivity index (χ4v) is 6.10. The molecule has 7 heteroatoms. The lowest BCUT2D eigenvalue weighted by Gasteiger charge is -2.25. The maximum absolute atomic E-state index is 14.3. The van der Waals surface area contributed by atoms with Crippen LogP contribution >= 0.6 is 11.6 Å². The van der Waals surface area contributed by atoms with Gasteiger partial charge in [0.1, 0.15) is 5.82 Å². The summed E-state index contributed by atoms with van der Waals surface area (Å²) in [4.78, 5) is 30.4. The molecule has 1 N–H and O–H groups in total. The Bertz CT molecular complexity index is 1300. The first-order chi connectivity index (χ1) is 18.3. The zero-order valence-electron chi connectivity index (χ0n) is 21.8. The predicted octanol–water partition coefficient (Wildman–Crippen LogP) is 5.66. The molecule has 5 rings (SSSR count). The molecular weight excluding hydrogens is 501 g/mol. The highest BCUT2D eigenvalue weighted by molar-refractivity contribution is 6.33. The van der Waals surface area contributed by atoms with Crippen molar-refractivity contribution in [3.8, 4) is 0 Å². The monoisotopic (exact) mass is 533 g/mol. The first-order valence-electron chi connectivity index (χ1n) is 13.2. The number of halogens is 2. The van der Waals surface area contributed by atoms with Gasteiger partial charge >= 0.3 is 0 Å². The van der Waals surface area contributed by atoms with E-state index in [1.165, 1.54) is 12.1 Å². The van der Waals surface area contributed by atoms with E-state index >= 15 is 0 Å². The van der Waals surface area contributed by atoms with Gasteiger partial charge in [0.25, 0.3) is 11.8 Å². The third-order valence-corrected chi connectivity index (χ3v) is 8.43. The van der Waals surface area contributed by atoms with E-state index in [9.17, 15) is 14.0 Å². The summed E-state index contributed by atoms with van der Waals surface area (Å²) in [6.45, 7) is 7.82. The molecule has 0 aromatic heterocycles. The fourth-order valence-electron chi connectivity index (χ4n) is 5.85. The SMILES string of the molecule is Cc1cccc(C(=O)NC(CCN2CC3CN(C(=O)c4c(F)cccc4Cl)CC3C2)c2ccccc2)c1C. The number of hydrogen-bond acceptors (Lipinski definition) is 3. The van der Waals surface area contributed by atoms with Crippen LogP contribution in [0.15, 0.2) is 66.7 Å². The summed E-state index contributed by atoms with van der Waals surface area (Å²) in [5.74, 6) is -0.254. The Morgan fingerprint density at radius 3 is 2.32 bits per heavy atom. The van der Waals surface area contributed by atoms with E-state index in [1.54, 1.807) is 11.0 Å². The van der Waals surface area contributed by atoms with Gasteiger partial charge in [0.15, 0.2) is 0 Å². The standard InChI is InChI=1S/C31H33ClFN3O2/c1-20-8-6-11-25(21(20)2)30(37)34-28(22-9-4-3-5-10-22)14-15-35-16-23-18-36(19-24(23)17-35)31(38)29-26(32)12-7-13-27(29)33/h3-13,23-24,28H,14-19H2,1-2H3,(H,34,37). The second kappa shape index (κ2) is 11.3. The predicted molar refractivity (Wildman–Crippen MR) is 148 cm³/mol. The quantitative estimate of drug-likeness (QED) is 0.426. The Hall–Kier alpha value is -3.22. The van der Waals surface area contributed by atoms with E-state index in [1.807, 2.05) is 50.2 Å². The molecule has 0 radical (unpaired) electrons. The third kappa shape index (κ3) is 5.47. The Kier molecular flexibility index (Phi) is 7.82. The molecule has 0 aliphatic carbocycles. The fraction of sp³-hybridized carbons (Fsp3) is 0.355. The largest absolute Gasteiger partial charge is 0.345 e. The van der Waals surface area contributed by atoms with Crippen molar-refractivity contribution >= 4 is 23.4 Å². The van der Waals surface area contributed by atoms with Crippen LogP contribution in [0, 0.1) is 31.5 Å². The van der Waals surface area contributed by atoms with Gasteiger partial charge in [-0.1, -0.05) is 60.1 Å². The second-order valence-corrected chi connectivity index (χ2v) is 11.0. The number of nitrogens with zero attached hydrogens (tertiary/aromatic N) is 2. The lowest BCUT2D eigenvalue weighted by Crippen LogP contribution is -2.35. The van der Waals surface area contributed by atoms with Crippen LogP contribution in [0.3, 0.4) is 0 Å². The van der Waals surface area contributed by atoms with Crippen LogP contribution in [0.5, 0.6) is 0 Å². The Morgan fingerprint density at radius 2 is 1.63 bits per heavy atom. The first kappa shape index (κ1) is 26.4. The molecular formula is C31H33ClFN3O2. The van der Waals surface area contributed by atoms with Crippen molar-refractivity contribution in [3.63, 3.8) is 0 Å². The number of carbonyl (C=O) groups is 2. The highest BCUT2D eigenvalue weighted by Gasteiger charge is 2.42. The Balaban J connectivity index is 1.21. The molecule has 198 valence electrons. The number of likely N-dealkylation sites (tertiary alicyclic amines) is 2. The molecule has 3 atom stereocenters. The van der Waals surface area contributed by atoms with Gasteiger partial charge in [0.05, 0.1) is 16.6 Å². The maximum Gasteiger partial charge on any atom is 0.258 e. The molecule has 2 aliphatic rings. The summed E-state index contributed by atoms with van der Waals surface area (Å²) in [6, 6.07) is 20.2. The molecule has 5 nitrogen and oxygen atoms in total. The third-order valence-electron chi connectivity index (χ3n) is 8.12. The highest BCUT2D eigenvalue weighted by Crippen LogP contribution is 2.34. The molecule has 3 aromatic rings. The van der Waals surface area contributed by atoms with Gasteiger partial charge in [-0.05, 0) is 67.0 Å². The summed E-state index contributed by atoms with van der Waals surface area (Å²) in [6.07, 6.45) is 0.785. The number of hydrogen-bond donors (Lipinski definition) is 1. The Morgan fingerprint density at radius 1 is 0.947 bits per heavy atom. The molecule has 2 aliphatic heterocycles. The molecule has 0 spiro atoms.